The zero-order valence-corrected chi connectivity index (χ0v) is 12.0. The van der Waals surface area contributed by atoms with Crippen molar-refractivity contribution in [3.8, 4) is 0 Å². The molecule has 0 aliphatic carbocycles. The van der Waals surface area contributed by atoms with Crippen LogP contribution in [0.4, 0.5) is 4.39 Å². The lowest BCUT2D eigenvalue weighted by Gasteiger charge is -2.16. The van der Waals surface area contributed by atoms with Crippen molar-refractivity contribution in [2.45, 2.75) is 11.8 Å². The molecule has 1 aromatic rings. The van der Waals surface area contributed by atoms with Crippen LogP contribution < -0.4 is 0 Å². The first-order valence-corrected chi connectivity index (χ1v) is 7.03. The third-order valence-corrected chi connectivity index (χ3v) is 4.82. The largest absolute Gasteiger partial charge is 0.480 e. The summed E-state index contributed by atoms with van der Waals surface area (Å²) >= 11 is 2.95. The monoisotopic (exact) mass is 339 g/mol. The fourth-order valence-corrected chi connectivity index (χ4v) is 3.14. The maximum Gasteiger partial charge on any atom is 0.318 e. The SMILES string of the molecule is Cc1cc(Br)c(F)cc1S(=O)(=O)N(C)CC(=O)O. The summed E-state index contributed by atoms with van der Waals surface area (Å²) in [4.78, 5) is 10.3. The van der Waals surface area contributed by atoms with Gasteiger partial charge >= 0.3 is 5.97 Å². The lowest BCUT2D eigenvalue weighted by molar-refractivity contribution is -0.137. The van der Waals surface area contributed by atoms with E-state index in [1.54, 1.807) is 0 Å². The molecular weight excluding hydrogens is 329 g/mol. The molecule has 0 bridgehead atoms. The van der Waals surface area contributed by atoms with Gasteiger partial charge in [0.1, 0.15) is 12.4 Å². The van der Waals surface area contributed by atoms with Crippen LogP contribution in [0.1, 0.15) is 5.56 Å². The van der Waals surface area contributed by atoms with Crippen LogP contribution in [-0.2, 0) is 14.8 Å². The number of aliphatic carboxylic acids is 1. The Hall–Kier alpha value is -0.990. The highest BCUT2D eigenvalue weighted by Crippen LogP contribution is 2.25. The lowest BCUT2D eigenvalue weighted by Crippen LogP contribution is -2.32. The molecule has 0 spiro atoms. The molecule has 0 unspecified atom stereocenters. The quantitative estimate of drug-likeness (QED) is 0.904. The van der Waals surface area contributed by atoms with Crippen molar-refractivity contribution >= 4 is 31.9 Å². The van der Waals surface area contributed by atoms with E-state index in [0.29, 0.717) is 9.87 Å². The smallest absolute Gasteiger partial charge is 0.318 e. The molecule has 1 N–H and O–H groups in total. The molecule has 8 heteroatoms. The van der Waals surface area contributed by atoms with Crippen LogP contribution in [0.3, 0.4) is 0 Å². The van der Waals surface area contributed by atoms with Gasteiger partial charge in [-0.25, -0.2) is 12.8 Å². The number of benzene rings is 1. The van der Waals surface area contributed by atoms with Crippen molar-refractivity contribution in [1.82, 2.24) is 4.31 Å². The average molecular weight is 340 g/mol. The second-order valence-electron chi connectivity index (χ2n) is 3.69. The first-order chi connectivity index (χ1) is 8.16. The normalized spacial score (nSPS) is 11.8. The summed E-state index contributed by atoms with van der Waals surface area (Å²) in [5.74, 6) is -2.00. The van der Waals surface area contributed by atoms with Crippen molar-refractivity contribution < 1.29 is 22.7 Å². The van der Waals surface area contributed by atoms with Crippen molar-refractivity contribution in [3.05, 3.63) is 28.0 Å². The zero-order valence-electron chi connectivity index (χ0n) is 9.65. The Morgan fingerprint density at radius 1 is 1.50 bits per heavy atom. The minimum absolute atomic E-state index is 0.153. The van der Waals surface area contributed by atoms with Crippen LogP contribution in [0.2, 0.25) is 0 Å². The van der Waals surface area contributed by atoms with E-state index < -0.39 is 28.4 Å². The number of hydrogen-bond acceptors (Lipinski definition) is 3. The summed E-state index contributed by atoms with van der Waals surface area (Å²) in [5, 5.41) is 8.57. The molecule has 100 valence electrons. The molecule has 18 heavy (non-hydrogen) atoms. The Labute approximate surface area is 112 Å². The van der Waals surface area contributed by atoms with E-state index >= 15 is 0 Å². The predicted molar refractivity (Wildman–Crippen MR) is 66.3 cm³/mol. The number of halogens is 2. The number of aryl methyl sites for hydroxylation is 1. The van der Waals surface area contributed by atoms with Gasteiger partial charge < -0.3 is 5.11 Å². The second kappa shape index (κ2) is 5.33. The van der Waals surface area contributed by atoms with Crippen LogP contribution >= 0.6 is 15.9 Å². The van der Waals surface area contributed by atoms with Gasteiger partial charge in [-0.05, 0) is 40.5 Å². The molecule has 0 aromatic heterocycles. The van der Waals surface area contributed by atoms with Gasteiger partial charge in [-0.15, -0.1) is 0 Å². The highest BCUT2D eigenvalue weighted by Gasteiger charge is 2.25. The molecule has 0 heterocycles. The van der Waals surface area contributed by atoms with E-state index in [0.717, 1.165) is 13.1 Å². The molecule has 0 fully saturated rings. The fourth-order valence-electron chi connectivity index (χ4n) is 1.35. The molecule has 1 rings (SSSR count). The molecule has 0 aliphatic rings. The number of likely N-dealkylation sites (N-methyl/N-ethyl adjacent to an activating group) is 1. The molecule has 0 atom stereocenters. The molecule has 0 aliphatic heterocycles. The van der Waals surface area contributed by atoms with Gasteiger partial charge in [0.05, 0.1) is 9.37 Å². The summed E-state index contributed by atoms with van der Waals surface area (Å²) < 4.78 is 38.2. The van der Waals surface area contributed by atoms with Gasteiger partial charge in [-0.3, -0.25) is 4.79 Å². The highest BCUT2D eigenvalue weighted by molar-refractivity contribution is 9.10. The summed E-state index contributed by atoms with van der Waals surface area (Å²) in [7, 11) is -2.88. The fraction of sp³-hybridized carbons (Fsp3) is 0.300. The van der Waals surface area contributed by atoms with Crippen LogP contribution in [0.15, 0.2) is 21.5 Å². The number of hydrogen-bond donors (Lipinski definition) is 1. The molecule has 0 amide bonds. The third-order valence-electron chi connectivity index (χ3n) is 2.26. The van der Waals surface area contributed by atoms with E-state index in [9.17, 15) is 17.6 Å². The number of nitrogens with zero attached hydrogens (tertiary/aromatic N) is 1. The summed E-state index contributed by atoms with van der Waals surface area (Å²) in [6.07, 6.45) is 0. The number of rotatable bonds is 4. The van der Waals surface area contributed by atoms with E-state index in [1.165, 1.54) is 13.0 Å². The average Bonchev–Trinajstić information content (AvgIpc) is 2.22. The van der Waals surface area contributed by atoms with Crippen LogP contribution in [0.5, 0.6) is 0 Å². The van der Waals surface area contributed by atoms with Gasteiger partial charge in [-0.2, -0.15) is 4.31 Å². The summed E-state index contributed by atoms with van der Waals surface area (Å²) in [6.45, 7) is 0.825. The van der Waals surface area contributed by atoms with Gasteiger partial charge in [0.2, 0.25) is 10.0 Å². The third kappa shape index (κ3) is 3.06. The molecule has 5 nitrogen and oxygen atoms in total. The standard InChI is InChI=1S/C10H11BrFNO4S/c1-6-3-7(11)8(12)4-9(6)18(16,17)13(2)5-10(14)15/h3-4H,5H2,1-2H3,(H,14,15). The predicted octanol–water partition coefficient (Wildman–Crippen LogP) is 1.60. The van der Waals surface area contributed by atoms with Crippen LogP contribution in [0.25, 0.3) is 0 Å². The number of carboxylic acid groups (broad SMARTS) is 1. The number of carboxylic acids is 1. The van der Waals surface area contributed by atoms with Gasteiger partial charge in [0.25, 0.3) is 0 Å². The highest BCUT2D eigenvalue weighted by atomic mass is 79.9. The Bertz CT molecular complexity index is 588. The summed E-state index contributed by atoms with van der Waals surface area (Å²) in [6, 6.07) is 2.20. The Kier molecular flexibility index (Phi) is 4.46. The minimum atomic E-state index is -4.01. The van der Waals surface area contributed by atoms with E-state index in [-0.39, 0.29) is 9.37 Å². The topological polar surface area (TPSA) is 74.7 Å². The van der Waals surface area contributed by atoms with Crippen molar-refractivity contribution in [1.29, 1.82) is 0 Å². The van der Waals surface area contributed by atoms with Gasteiger partial charge in [-0.1, -0.05) is 0 Å². The van der Waals surface area contributed by atoms with E-state index in [4.69, 9.17) is 5.11 Å². The number of sulfonamides is 1. The molecule has 1 aromatic carbocycles. The molecule has 0 radical (unpaired) electrons. The van der Waals surface area contributed by atoms with Crippen LogP contribution in [0, 0.1) is 12.7 Å². The Morgan fingerprint density at radius 3 is 2.56 bits per heavy atom. The van der Waals surface area contributed by atoms with Gasteiger partial charge in [0, 0.05) is 7.05 Å². The van der Waals surface area contributed by atoms with Crippen molar-refractivity contribution in [2.75, 3.05) is 13.6 Å². The van der Waals surface area contributed by atoms with Gasteiger partial charge in [0.15, 0.2) is 0 Å². The number of carbonyl (C=O) groups is 1. The molecule has 0 saturated heterocycles. The first-order valence-electron chi connectivity index (χ1n) is 4.80. The zero-order chi connectivity index (χ0) is 14.1. The Morgan fingerprint density at radius 2 is 2.06 bits per heavy atom. The first kappa shape index (κ1) is 15.1. The lowest BCUT2D eigenvalue weighted by atomic mass is 10.2. The van der Waals surface area contributed by atoms with Crippen LogP contribution in [-0.4, -0.2) is 37.4 Å². The minimum Gasteiger partial charge on any atom is -0.480 e. The molecule has 0 saturated carbocycles. The van der Waals surface area contributed by atoms with E-state index in [2.05, 4.69) is 15.9 Å². The maximum atomic E-state index is 13.4. The maximum absolute atomic E-state index is 13.4. The van der Waals surface area contributed by atoms with Crippen molar-refractivity contribution in [2.24, 2.45) is 0 Å². The second-order valence-corrected chi connectivity index (χ2v) is 6.55. The van der Waals surface area contributed by atoms with E-state index in [1.807, 2.05) is 0 Å². The Balaban J connectivity index is 3.29. The molecular formula is C10H11BrFNO4S. The van der Waals surface area contributed by atoms with Crippen molar-refractivity contribution in [3.63, 3.8) is 0 Å². The summed E-state index contributed by atoms with van der Waals surface area (Å²) in [5.41, 5.74) is 0.334.